The van der Waals surface area contributed by atoms with Crippen molar-refractivity contribution in [3.8, 4) is 11.3 Å². The molecule has 1 aromatic carbocycles. The fraction of sp³-hybridized carbons (Fsp3) is 0.350. The summed E-state index contributed by atoms with van der Waals surface area (Å²) in [6, 6.07) is 7.12. The van der Waals surface area contributed by atoms with E-state index in [9.17, 15) is 4.79 Å². The highest BCUT2D eigenvalue weighted by atomic mass is 16.5. The highest BCUT2D eigenvalue weighted by Gasteiger charge is 2.31. The second kappa shape index (κ2) is 7.57. The van der Waals surface area contributed by atoms with Crippen LogP contribution in [0.1, 0.15) is 45.2 Å². The number of nitrogens with one attached hydrogen (secondary N) is 2. The van der Waals surface area contributed by atoms with E-state index in [0.717, 1.165) is 41.1 Å². The van der Waals surface area contributed by atoms with E-state index in [0.29, 0.717) is 24.6 Å². The van der Waals surface area contributed by atoms with E-state index in [-0.39, 0.29) is 0 Å². The van der Waals surface area contributed by atoms with Crippen LogP contribution in [0.5, 0.6) is 0 Å². The van der Waals surface area contributed by atoms with Crippen LogP contribution < -0.4 is 5.48 Å². The van der Waals surface area contributed by atoms with Crippen molar-refractivity contribution in [2.24, 2.45) is 0 Å². The number of ether oxygens (including phenoxy) is 1. The van der Waals surface area contributed by atoms with Crippen molar-refractivity contribution in [3.05, 3.63) is 58.5 Å². The molecule has 3 aromatic rings. The fourth-order valence-electron chi connectivity index (χ4n) is 4.01. The molecule has 1 unspecified atom stereocenters. The Kier molecular flexibility index (Phi) is 4.97. The molecular weight excluding hydrogens is 358 g/mol. The monoisotopic (exact) mass is 381 g/mol. The zero-order valence-electron chi connectivity index (χ0n) is 15.9. The molecule has 4 rings (SSSR count). The molecule has 0 radical (unpaired) electrons. The van der Waals surface area contributed by atoms with Crippen molar-refractivity contribution in [2.75, 3.05) is 13.7 Å². The van der Waals surface area contributed by atoms with E-state index in [2.05, 4.69) is 17.1 Å². The number of amides is 1. The molecule has 0 spiro atoms. The zero-order chi connectivity index (χ0) is 19.7. The lowest BCUT2D eigenvalue weighted by Gasteiger charge is -2.23. The first-order valence-corrected chi connectivity index (χ1v) is 9.24. The van der Waals surface area contributed by atoms with Crippen LogP contribution >= 0.6 is 0 Å². The van der Waals surface area contributed by atoms with Crippen molar-refractivity contribution >= 4 is 5.91 Å². The third kappa shape index (κ3) is 3.21. The fourth-order valence-corrected chi connectivity index (χ4v) is 4.01. The van der Waals surface area contributed by atoms with E-state index in [1.54, 1.807) is 24.7 Å². The molecule has 0 bridgehead atoms. The van der Waals surface area contributed by atoms with Gasteiger partial charge in [0.1, 0.15) is 0 Å². The molecule has 0 saturated carbocycles. The summed E-state index contributed by atoms with van der Waals surface area (Å²) in [5.74, 6) is -0.185. The van der Waals surface area contributed by atoms with Gasteiger partial charge in [-0.2, -0.15) is 10.2 Å². The molecule has 1 amide bonds. The largest absolute Gasteiger partial charge is 0.385 e. The van der Waals surface area contributed by atoms with Crippen molar-refractivity contribution < 1.29 is 14.7 Å². The average Bonchev–Trinajstić information content (AvgIpc) is 3.30. The van der Waals surface area contributed by atoms with Crippen LogP contribution in [0.3, 0.4) is 0 Å². The highest BCUT2D eigenvalue weighted by molar-refractivity contribution is 5.93. The van der Waals surface area contributed by atoms with Gasteiger partial charge in [-0.05, 0) is 43.4 Å². The molecule has 2 aromatic heterocycles. The third-order valence-corrected chi connectivity index (χ3v) is 5.33. The van der Waals surface area contributed by atoms with Crippen molar-refractivity contribution in [1.82, 2.24) is 25.5 Å². The predicted octanol–water partition coefficient (Wildman–Crippen LogP) is 2.43. The van der Waals surface area contributed by atoms with Crippen LogP contribution in [0.2, 0.25) is 0 Å². The molecule has 8 heteroatoms. The number of aromatic nitrogens is 4. The zero-order valence-corrected chi connectivity index (χ0v) is 15.9. The van der Waals surface area contributed by atoms with Gasteiger partial charge in [0.2, 0.25) is 0 Å². The summed E-state index contributed by atoms with van der Waals surface area (Å²) in [6.07, 6.45) is 3.70. The number of hydrogen-bond acceptors (Lipinski definition) is 5. The van der Waals surface area contributed by atoms with Crippen LogP contribution in [-0.2, 0) is 17.7 Å². The summed E-state index contributed by atoms with van der Waals surface area (Å²) < 4.78 is 7.32. The molecule has 0 fully saturated rings. The molecule has 1 aliphatic carbocycles. The molecule has 0 saturated heterocycles. The van der Waals surface area contributed by atoms with Gasteiger partial charge < -0.3 is 4.74 Å². The number of carbonyl (C=O) groups is 1. The van der Waals surface area contributed by atoms with Gasteiger partial charge in [0, 0.05) is 36.1 Å². The summed E-state index contributed by atoms with van der Waals surface area (Å²) in [6.45, 7) is 3.33. The number of carbonyl (C=O) groups excluding carboxylic acids is 1. The molecule has 1 aliphatic rings. The molecule has 1 atom stereocenters. The summed E-state index contributed by atoms with van der Waals surface area (Å²) in [4.78, 5) is 11.5. The lowest BCUT2D eigenvalue weighted by atomic mass is 9.82. The maximum Gasteiger partial charge on any atom is 0.274 e. The van der Waals surface area contributed by atoms with Gasteiger partial charge in [0.15, 0.2) is 0 Å². The number of benzene rings is 1. The first-order chi connectivity index (χ1) is 13.6. The normalized spacial score (nSPS) is 15.2. The number of aromatic amines is 1. The van der Waals surface area contributed by atoms with Gasteiger partial charge in [-0.25, -0.2) is 5.48 Å². The number of hydrogen-bond donors (Lipinski definition) is 3. The van der Waals surface area contributed by atoms with Gasteiger partial charge in [0.05, 0.1) is 24.1 Å². The van der Waals surface area contributed by atoms with Gasteiger partial charge in [0.25, 0.3) is 5.91 Å². The second-order valence-corrected chi connectivity index (χ2v) is 7.09. The van der Waals surface area contributed by atoms with Crippen LogP contribution in [0.15, 0.2) is 30.5 Å². The summed E-state index contributed by atoms with van der Waals surface area (Å²) in [7, 11) is 1.72. The summed E-state index contributed by atoms with van der Waals surface area (Å²) in [5.41, 5.74) is 8.69. The molecule has 146 valence electrons. The van der Waals surface area contributed by atoms with Gasteiger partial charge >= 0.3 is 0 Å². The number of aryl methyl sites for hydroxylation is 1. The lowest BCUT2D eigenvalue weighted by molar-refractivity contribution is 0.0706. The molecule has 8 nitrogen and oxygen atoms in total. The number of methoxy groups -OCH3 is 1. The second-order valence-electron chi connectivity index (χ2n) is 7.09. The first kappa shape index (κ1) is 18.4. The van der Waals surface area contributed by atoms with Crippen molar-refractivity contribution in [2.45, 2.75) is 32.2 Å². The average molecular weight is 381 g/mol. The Morgan fingerprint density at radius 3 is 2.89 bits per heavy atom. The topological polar surface area (TPSA) is 105 Å². The molecule has 0 aliphatic heterocycles. The predicted molar refractivity (Wildman–Crippen MR) is 102 cm³/mol. The first-order valence-electron chi connectivity index (χ1n) is 9.24. The van der Waals surface area contributed by atoms with E-state index >= 15 is 0 Å². The Morgan fingerprint density at radius 1 is 1.39 bits per heavy atom. The van der Waals surface area contributed by atoms with E-state index in [1.807, 2.05) is 23.0 Å². The molecule has 28 heavy (non-hydrogen) atoms. The van der Waals surface area contributed by atoms with Crippen LogP contribution in [-0.4, -0.2) is 44.8 Å². The maximum atomic E-state index is 11.5. The number of nitrogens with zero attached hydrogens (tertiary/aromatic N) is 3. The summed E-state index contributed by atoms with van der Waals surface area (Å²) >= 11 is 0. The van der Waals surface area contributed by atoms with Crippen LogP contribution in [0, 0.1) is 6.92 Å². The maximum absolute atomic E-state index is 11.5. The Morgan fingerprint density at radius 2 is 2.18 bits per heavy atom. The Labute approximate surface area is 162 Å². The third-order valence-electron chi connectivity index (χ3n) is 5.33. The smallest absolute Gasteiger partial charge is 0.274 e. The number of rotatable bonds is 6. The number of H-pyrrole nitrogens is 1. The number of hydroxylamine groups is 1. The minimum Gasteiger partial charge on any atom is -0.385 e. The SMILES string of the molecule is COCCC1Cc2[nH]ncc2-c2c1c(C)nn2Cc1ccc(C(=O)NO)cc1. The van der Waals surface area contributed by atoms with Gasteiger partial charge in [-0.3, -0.25) is 19.8 Å². The Balaban J connectivity index is 1.69. The molecular formula is C20H23N5O3. The summed E-state index contributed by atoms with van der Waals surface area (Å²) in [5, 5.41) is 20.9. The highest BCUT2D eigenvalue weighted by Crippen LogP contribution is 2.42. The van der Waals surface area contributed by atoms with E-state index < -0.39 is 5.91 Å². The quantitative estimate of drug-likeness (QED) is 0.449. The van der Waals surface area contributed by atoms with E-state index in [4.69, 9.17) is 15.0 Å². The van der Waals surface area contributed by atoms with E-state index in [1.165, 1.54) is 5.56 Å². The molecule has 2 heterocycles. The minimum absolute atomic E-state index is 0.340. The standard InChI is InChI=1S/C20H23N5O3/c1-12-18-15(7-8-28-2)9-17-16(10-21-22-17)19(18)25(23-12)11-13-3-5-14(6-4-13)20(26)24-27/h3-6,10,15,27H,7-9,11H2,1-2H3,(H,21,22)(H,24,26). The number of fused-ring (bicyclic) bond motifs is 3. The van der Waals surface area contributed by atoms with Gasteiger partial charge in [-0.15, -0.1) is 0 Å². The Hall–Kier alpha value is -2.97. The molecule has 3 N–H and O–H groups in total. The van der Waals surface area contributed by atoms with Gasteiger partial charge in [-0.1, -0.05) is 12.1 Å². The lowest BCUT2D eigenvalue weighted by Crippen LogP contribution is -2.18. The van der Waals surface area contributed by atoms with Crippen LogP contribution in [0.4, 0.5) is 0 Å². The van der Waals surface area contributed by atoms with Crippen molar-refractivity contribution in [1.29, 1.82) is 0 Å². The minimum atomic E-state index is -0.525. The Bertz CT molecular complexity index is 990. The van der Waals surface area contributed by atoms with Crippen LogP contribution in [0.25, 0.3) is 11.3 Å². The van der Waals surface area contributed by atoms with Crippen molar-refractivity contribution in [3.63, 3.8) is 0 Å².